The van der Waals surface area contributed by atoms with Crippen molar-refractivity contribution in [1.82, 2.24) is 20.6 Å². The SMILES string of the molecule is COC(=O)c1cccc(-c2cccc(CNCC[C@H]3CN(c4ccc5c(n4)NC(=O)CO5)C(=O)O3)c2)c1.COc1ccc(C#N)cc1-c1cccc(CNCC[C@H]2CN(c3ccc4c(n3)NC(=O)CO4)C(=O)O2)c1. The van der Waals surface area contributed by atoms with Crippen molar-refractivity contribution in [3.8, 4) is 45.6 Å². The largest absolute Gasteiger partial charge is 0.496 e. The molecule has 0 spiro atoms. The lowest BCUT2D eigenvalue weighted by Gasteiger charge is -2.19. The normalized spacial score (nSPS) is 16.4. The van der Waals surface area contributed by atoms with Crippen LogP contribution in [0.4, 0.5) is 32.9 Å². The fourth-order valence-electron chi connectivity index (χ4n) is 8.57. The number of benzene rings is 4. The monoisotopic (exact) mass is 1000 g/mol. The molecule has 2 fully saturated rings. The fraction of sp³-hybridized carbons (Fsp3) is 0.259. The topological polar surface area (TPSA) is 245 Å². The van der Waals surface area contributed by atoms with Crippen molar-refractivity contribution < 1.29 is 52.4 Å². The first-order chi connectivity index (χ1) is 36.0. The third kappa shape index (κ3) is 12.0. The van der Waals surface area contributed by atoms with Crippen LogP contribution in [0.5, 0.6) is 17.2 Å². The molecule has 20 nitrogen and oxygen atoms in total. The van der Waals surface area contributed by atoms with Crippen LogP contribution in [0.1, 0.15) is 39.9 Å². The van der Waals surface area contributed by atoms with Crippen LogP contribution in [-0.4, -0.2) is 106 Å². The predicted molar refractivity (Wildman–Crippen MR) is 271 cm³/mol. The van der Waals surface area contributed by atoms with Crippen LogP contribution in [0.25, 0.3) is 22.3 Å². The number of nitrogens with zero attached hydrogens (tertiary/aromatic N) is 5. The van der Waals surface area contributed by atoms with Crippen LogP contribution in [0.3, 0.4) is 0 Å². The van der Waals surface area contributed by atoms with Crippen molar-refractivity contribution in [2.45, 2.75) is 38.1 Å². The first-order valence-corrected chi connectivity index (χ1v) is 23.7. The van der Waals surface area contributed by atoms with E-state index in [2.05, 4.69) is 49.4 Å². The molecule has 4 aliphatic heterocycles. The van der Waals surface area contributed by atoms with Crippen LogP contribution < -0.4 is 45.3 Å². The third-order valence-electron chi connectivity index (χ3n) is 12.3. The molecule has 0 saturated carbocycles. The van der Waals surface area contributed by atoms with E-state index in [1.165, 1.54) is 16.9 Å². The molecule has 378 valence electrons. The number of carbonyl (C=O) groups excluding carboxylic acids is 5. The maximum Gasteiger partial charge on any atom is 0.415 e. The number of cyclic esters (lactones) is 2. The standard InChI is InChI=1S/C27H25N5O5.C27H26N4O6/c1-35-22-6-5-17(13-28)12-21(22)19-4-2-3-18(11-19)14-29-10-9-20-15-32(27(34)37-20)24-8-7-23-26(30-24)31-25(33)16-36-23;1-35-26(33)20-7-3-6-19(13-20)18-5-2-4-17(12-18)14-28-11-10-21-15-31(27(34)37-21)23-9-8-22-25(29-23)30-24(32)16-36-22/h2-8,11-12,20,29H,9-10,14-16H2,1H3,(H,30,31,33);2-9,12-13,21,28H,10-11,14-16H2,1H3,(H,29,30,32)/t20-;21-/m00/s1. The van der Waals surface area contributed by atoms with Gasteiger partial charge in [-0.05, 0) is 120 Å². The Morgan fingerprint density at radius 2 is 1.20 bits per heavy atom. The summed E-state index contributed by atoms with van der Waals surface area (Å²) in [6.45, 7) is 3.19. The molecule has 10 rings (SSSR count). The van der Waals surface area contributed by atoms with Crippen molar-refractivity contribution >= 4 is 53.2 Å². The Kier molecular flexibility index (Phi) is 15.5. The van der Waals surface area contributed by atoms with Crippen LogP contribution in [0, 0.1) is 11.3 Å². The number of nitrogens with one attached hydrogen (secondary N) is 4. The second-order valence-electron chi connectivity index (χ2n) is 17.4. The van der Waals surface area contributed by atoms with Crippen LogP contribution >= 0.6 is 0 Å². The van der Waals surface area contributed by atoms with Crippen molar-refractivity contribution in [3.05, 3.63) is 138 Å². The predicted octanol–water partition coefficient (Wildman–Crippen LogP) is 6.84. The number of hydrogen-bond acceptors (Lipinski definition) is 16. The number of nitriles is 1. The number of rotatable bonds is 16. The fourth-order valence-corrected chi connectivity index (χ4v) is 8.57. The lowest BCUT2D eigenvalue weighted by atomic mass is 10.00. The Morgan fingerprint density at radius 1 is 0.676 bits per heavy atom. The minimum Gasteiger partial charge on any atom is -0.496 e. The van der Waals surface area contributed by atoms with Gasteiger partial charge < -0.3 is 49.7 Å². The maximum absolute atomic E-state index is 12.4. The lowest BCUT2D eigenvalue weighted by Crippen LogP contribution is -2.29. The molecule has 6 heterocycles. The van der Waals surface area contributed by atoms with E-state index in [1.54, 1.807) is 49.6 Å². The van der Waals surface area contributed by atoms with Gasteiger partial charge in [-0.3, -0.25) is 19.4 Å². The van der Waals surface area contributed by atoms with Crippen molar-refractivity contribution in [2.24, 2.45) is 0 Å². The smallest absolute Gasteiger partial charge is 0.415 e. The van der Waals surface area contributed by atoms with E-state index in [4.69, 9.17) is 28.4 Å². The Bertz CT molecular complexity index is 3140. The van der Waals surface area contributed by atoms with E-state index in [1.807, 2.05) is 60.7 Å². The summed E-state index contributed by atoms with van der Waals surface area (Å²) in [7, 11) is 2.98. The van der Waals surface area contributed by atoms with Gasteiger partial charge in [-0.2, -0.15) is 5.26 Å². The van der Waals surface area contributed by atoms with Gasteiger partial charge >= 0.3 is 18.2 Å². The summed E-state index contributed by atoms with van der Waals surface area (Å²) in [6, 6.07) is 37.7. The zero-order valence-electron chi connectivity index (χ0n) is 40.4. The number of esters is 1. The van der Waals surface area contributed by atoms with E-state index in [0.29, 0.717) is 104 Å². The zero-order chi connectivity index (χ0) is 51.6. The van der Waals surface area contributed by atoms with E-state index in [0.717, 1.165) is 33.4 Å². The molecule has 2 aromatic heterocycles. The Labute approximate surface area is 425 Å². The minimum atomic E-state index is -0.471. The number of ether oxygens (including phenoxy) is 6. The highest BCUT2D eigenvalue weighted by Crippen LogP contribution is 2.34. The molecule has 4 aliphatic rings. The van der Waals surface area contributed by atoms with Gasteiger partial charge in [-0.1, -0.05) is 48.5 Å². The second kappa shape index (κ2) is 23.0. The second-order valence-corrected chi connectivity index (χ2v) is 17.4. The Morgan fingerprint density at radius 3 is 1.74 bits per heavy atom. The molecule has 2 saturated heterocycles. The molecule has 20 heteroatoms. The van der Waals surface area contributed by atoms with Gasteiger partial charge in [0.25, 0.3) is 11.8 Å². The minimum absolute atomic E-state index is 0.0538. The number of fused-ring (bicyclic) bond motifs is 2. The number of anilines is 4. The Balaban J connectivity index is 0.000000182. The van der Waals surface area contributed by atoms with E-state index < -0.39 is 12.2 Å². The van der Waals surface area contributed by atoms with Crippen molar-refractivity contribution in [2.75, 3.05) is 74.0 Å². The molecule has 4 amide bonds. The number of amides is 4. The highest BCUT2D eigenvalue weighted by atomic mass is 16.6. The summed E-state index contributed by atoms with van der Waals surface area (Å²) in [6.07, 6.45) is -0.244. The van der Waals surface area contributed by atoms with Gasteiger partial charge in [0.2, 0.25) is 0 Å². The first-order valence-electron chi connectivity index (χ1n) is 23.7. The summed E-state index contributed by atoms with van der Waals surface area (Å²) >= 11 is 0. The number of pyridine rings is 2. The molecule has 4 N–H and O–H groups in total. The molecule has 0 unspecified atom stereocenters. The van der Waals surface area contributed by atoms with E-state index >= 15 is 0 Å². The summed E-state index contributed by atoms with van der Waals surface area (Å²) in [5.41, 5.74) is 7.02. The highest BCUT2D eigenvalue weighted by Gasteiger charge is 2.35. The summed E-state index contributed by atoms with van der Waals surface area (Å²) in [4.78, 5) is 71.4. The van der Waals surface area contributed by atoms with Gasteiger partial charge in [0, 0.05) is 18.7 Å². The Hall–Kier alpha value is -9.06. The zero-order valence-corrected chi connectivity index (χ0v) is 40.4. The average molecular weight is 1000 g/mol. The summed E-state index contributed by atoms with van der Waals surface area (Å²) < 4.78 is 32.0. The van der Waals surface area contributed by atoms with Gasteiger partial charge in [-0.15, -0.1) is 0 Å². The van der Waals surface area contributed by atoms with Gasteiger partial charge in [-0.25, -0.2) is 24.4 Å². The van der Waals surface area contributed by atoms with Crippen molar-refractivity contribution in [1.29, 1.82) is 5.26 Å². The quantitative estimate of drug-likeness (QED) is 0.0441. The van der Waals surface area contributed by atoms with Gasteiger partial charge in [0.15, 0.2) is 36.3 Å². The molecule has 2 atom stereocenters. The molecule has 0 bridgehead atoms. The molecule has 0 aliphatic carbocycles. The number of methoxy groups -OCH3 is 2. The summed E-state index contributed by atoms with van der Waals surface area (Å²) in [5, 5.41) is 21.4. The first kappa shape index (κ1) is 49.9. The van der Waals surface area contributed by atoms with E-state index in [9.17, 15) is 29.2 Å². The van der Waals surface area contributed by atoms with Crippen molar-refractivity contribution in [3.63, 3.8) is 0 Å². The molecular formula is C54H51N9O11. The van der Waals surface area contributed by atoms with E-state index in [-0.39, 0.29) is 43.2 Å². The lowest BCUT2D eigenvalue weighted by molar-refractivity contribution is -0.119. The molecule has 74 heavy (non-hydrogen) atoms. The third-order valence-corrected chi connectivity index (χ3v) is 12.3. The van der Waals surface area contributed by atoms with Gasteiger partial charge in [0.05, 0.1) is 44.5 Å². The highest BCUT2D eigenvalue weighted by molar-refractivity contribution is 5.96. The van der Waals surface area contributed by atoms with Crippen LogP contribution in [0.2, 0.25) is 0 Å². The van der Waals surface area contributed by atoms with Crippen LogP contribution in [-0.2, 0) is 36.9 Å². The number of aromatic nitrogens is 2. The number of carbonyl (C=O) groups is 5. The maximum atomic E-state index is 12.4. The molecule has 4 aromatic carbocycles. The van der Waals surface area contributed by atoms with Crippen LogP contribution in [0.15, 0.2) is 115 Å². The number of hydrogen-bond donors (Lipinski definition) is 4. The average Bonchev–Trinajstić information content (AvgIpc) is 4.00. The van der Waals surface area contributed by atoms with Gasteiger partial charge in [0.1, 0.15) is 29.6 Å². The summed E-state index contributed by atoms with van der Waals surface area (Å²) in [5.74, 6) is 2.10. The molecule has 0 radical (unpaired) electrons. The molecule has 6 aromatic rings. The molecular weight excluding hydrogens is 951 g/mol.